The van der Waals surface area contributed by atoms with Crippen molar-refractivity contribution in [3.05, 3.63) is 33.9 Å². The number of nitro groups is 1. The van der Waals surface area contributed by atoms with Gasteiger partial charge in [0.05, 0.1) is 17.1 Å². The number of carbonyl (C=O) groups is 1. The first-order valence-corrected chi connectivity index (χ1v) is 6.12. The molecule has 1 atom stereocenters. The van der Waals surface area contributed by atoms with Gasteiger partial charge in [-0.1, -0.05) is 0 Å². The quantitative estimate of drug-likeness (QED) is 0.629. The van der Waals surface area contributed by atoms with Gasteiger partial charge in [0.25, 0.3) is 11.6 Å². The SMILES string of the molecule is COCC(C)NC(=O)c1cc([N+](=O)[O-])ccc1N(C)C. The largest absolute Gasteiger partial charge is 0.383 e. The lowest BCUT2D eigenvalue weighted by Gasteiger charge is -2.18. The molecule has 1 N–H and O–H groups in total. The number of carbonyl (C=O) groups excluding carboxylic acids is 1. The summed E-state index contributed by atoms with van der Waals surface area (Å²) in [6.45, 7) is 2.17. The van der Waals surface area contributed by atoms with Crippen molar-refractivity contribution in [1.29, 1.82) is 0 Å². The van der Waals surface area contributed by atoms with Gasteiger partial charge in [0.15, 0.2) is 0 Å². The normalized spacial score (nSPS) is 11.8. The summed E-state index contributed by atoms with van der Waals surface area (Å²) in [5, 5.41) is 13.6. The molecule has 1 amide bonds. The summed E-state index contributed by atoms with van der Waals surface area (Å²) in [4.78, 5) is 24.3. The van der Waals surface area contributed by atoms with E-state index in [4.69, 9.17) is 4.74 Å². The number of amides is 1. The summed E-state index contributed by atoms with van der Waals surface area (Å²) >= 11 is 0. The van der Waals surface area contributed by atoms with Gasteiger partial charge >= 0.3 is 0 Å². The number of methoxy groups -OCH3 is 1. The lowest BCUT2D eigenvalue weighted by Crippen LogP contribution is -2.36. The van der Waals surface area contributed by atoms with Gasteiger partial charge in [-0.25, -0.2) is 0 Å². The van der Waals surface area contributed by atoms with Gasteiger partial charge in [-0.05, 0) is 13.0 Å². The first-order chi connectivity index (χ1) is 9.36. The average Bonchev–Trinajstić information content (AvgIpc) is 2.37. The number of nitrogens with zero attached hydrogens (tertiary/aromatic N) is 2. The fourth-order valence-electron chi connectivity index (χ4n) is 1.80. The van der Waals surface area contributed by atoms with Crippen molar-refractivity contribution in [2.24, 2.45) is 0 Å². The molecule has 110 valence electrons. The molecule has 0 aliphatic carbocycles. The molecule has 1 aromatic carbocycles. The van der Waals surface area contributed by atoms with E-state index in [0.717, 1.165) is 0 Å². The molecule has 0 aliphatic heterocycles. The zero-order valence-electron chi connectivity index (χ0n) is 12.0. The molecule has 0 saturated heterocycles. The summed E-state index contributed by atoms with van der Waals surface area (Å²) in [5.74, 6) is -0.359. The van der Waals surface area contributed by atoms with E-state index in [1.54, 1.807) is 39.1 Å². The molecule has 1 unspecified atom stereocenters. The fraction of sp³-hybridized carbons (Fsp3) is 0.462. The Kier molecular flexibility index (Phi) is 5.45. The number of hydrogen-bond acceptors (Lipinski definition) is 5. The zero-order chi connectivity index (χ0) is 15.3. The molecule has 0 aliphatic rings. The Morgan fingerprint density at radius 1 is 1.50 bits per heavy atom. The molecule has 7 heteroatoms. The van der Waals surface area contributed by atoms with Crippen molar-refractivity contribution >= 4 is 17.3 Å². The van der Waals surface area contributed by atoms with Gasteiger partial charge in [0.1, 0.15) is 0 Å². The van der Waals surface area contributed by atoms with Crippen LogP contribution in [0.2, 0.25) is 0 Å². The second-order valence-corrected chi connectivity index (χ2v) is 4.68. The molecular formula is C13H19N3O4. The fourth-order valence-corrected chi connectivity index (χ4v) is 1.80. The molecule has 0 fully saturated rings. The van der Waals surface area contributed by atoms with Crippen molar-refractivity contribution in [2.75, 3.05) is 32.7 Å². The van der Waals surface area contributed by atoms with E-state index in [1.165, 1.54) is 12.1 Å². The Morgan fingerprint density at radius 2 is 2.15 bits per heavy atom. The Hall–Kier alpha value is -2.15. The van der Waals surface area contributed by atoms with Crippen LogP contribution in [-0.2, 0) is 4.74 Å². The molecule has 0 saturated carbocycles. The highest BCUT2D eigenvalue weighted by molar-refractivity contribution is 6.00. The van der Waals surface area contributed by atoms with Crippen LogP contribution in [-0.4, -0.2) is 44.7 Å². The van der Waals surface area contributed by atoms with Crippen LogP contribution in [0, 0.1) is 10.1 Å². The summed E-state index contributed by atoms with van der Waals surface area (Å²) in [6, 6.07) is 4.05. The molecule has 1 rings (SSSR count). The van der Waals surface area contributed by atoms with Crippen LogP contribution in [0.25, 0.3) is 0 Å². The predicted molar refractivity (Wildman–Crippen MR) is 76.2 cm³/mol. The van der Waals surface area contributed by atoms with Gasteiger partial charge in [-0.15, -0.1) is 0 Å². The van der Waals surface area contributed by atoms with Gasteiger partial charge in [-0.2, -0.15) is 0 Å². The van der Waals surface area contributed by atoms with Gasteiger partial charge in [0.2, 0.25) is 0 Å². The molecule has 0 radical (unpaired) electrons. The molecular weight excluding hydrogens is 262 g/mol. The number of hydrogen-bond donors (Lipinski definition) is 1. The maximum Gasteiger partial charge on any atom is 0.270 e. The Morgan fingerprint density at radius 3 is 2.65 bits per heavy atom. The molecule has 0 spiro atoms. The summed E-state index contributed by atoms with van der Waals surface area (Å²) in [6.07, 6.45) is 0. The van der Waals surface area contributed by atoms with E-state index in [9.17, 15) is 14.9 Å². The lowest BCUT2D eigenvalue weighted by molar-refractivity contribution is -0.384. The van der Waals surface area contributed by atoms with Gasteiger partial charge in [0, 0.05) is 45.1 Å². The second-order valence-electron chi connectivity index (χ2n) is 4.68. The zero-order valence-corrected chi connectivity index (χ0v) is 12.0. The van der Waals surface area contributed by atoms with Crippen LogP contribution in [0.1, 0.15) is 17.3 Å². The number of ether oxygens (including phenoxy) is 1. The standard InChI is InChI=1S/C13H19N3O4/c1-9(8-20-4)14-13(17)11-7-10(16(18)19)5-6-12(11)15(2)3/h5-7,9H,8H2,1-4H3,(H,14,17). The van der Waals surface area contributed by atoms with E-state index in [-0.39, 0.29) is 23.2 Å². The van der Waals surface area contributed by atoms with Gasteiger partial charge in [-0.3, -0.25) is 14.9 Å². The number of nitro benzene ring substituents is 1. The Bertz CT molecular complexity index is 502. The van der Waals surface area contributed by atoms with Crippen LogP contribution < -0.4 is 10.2 Å². The van der Waals surface area contributed by atoms with Gasteiger partial charge < -0.3 is 15.0 Å². The predicted octanol–water partition coefficient (Wildman–Crippen LogP) is 1.43. The summed E-state index contributed by atoms with van der Waals surface area (Å²) in [5.41, 5.74) is 0.782. The van der Waals surface area contributed by atoms with E-state index < -0.39 is 4.92 Å². The highest BCUT2D eigenvalue weighted by atomic mass is 16.6. The maximum absolute atomic E-state index is 12.2. The number of benzene rings is 1. The summed E-state index contributed by atoms with van der Waals surface area (Å²) < 4.78 is 4.95. The number of anilines is 1. The minimum Gasteiger partial charge on any atom is -0.383 e. The molecule has 0 bridgehead atoms. The average molecular weight is 281 g/mol. The van der Waals surface area contributed by atoms with Crippen LogP contribution in [0.3, 0.4) is 0 Å². The molecule has 20 heavy (non-hydrogen) atoms. The number of non-ortho nitro benzene ring substituents is 1. The Balaban J connectivity index is 3.09. The highest BCUT2D eigenvalue weighted by Gasteiger charge is 2.19. The van der Waals surface area contributed by atoms with E-state index in [2.05, 4.69) is 5.32 Å². The third-order valence-corrected chi connectivity index (χ3v) is 2.71. The Labute approximate surface area is 117 Å². The van der Waals surface area contributed by atoms with Crippen LogP contribution in [0.15, 0.2) is 18.2 Å². The maximum atomic E-state index is 12.2. The van der Waals surface area contributed by atoms with Crippen molar-refractivity contribution in [3.8, 4) is 0 Å². The molecule has 7 nitrogen and oxygen atoms in total. The van der Waals surface area contributed by atoms with Crippen molar-refractivity contribution in [1.82, 2.24) is 5.32 Å². The molecule has 0 aromatic heterocycles. The number of rotatable bonds is 6. The van der Waals surface area contributed by atoms with Crippen molar-refractivity contribution in [2.45, 2.75) is 13.0 Å². The molecule has 1 aromatic rings. The monoisotopic (exact) mass is 281 g/mol. The van der Waals surface area contributed by atoms with E-state index in [0.29, 0.717) is 12.3 Å². The summed E-state index contributed by atoms with van der Waals surface area (Å²) in [7, 11) is 5.09. The third kappa shape index (κ3) is 3.92. The lowest BCUT2D eigenvalue weighted by atomic mass is 10.1. The van der Waals surface area contributed by atoms with Crippen LogP contribution >= 0.6 is 0 Å². The van der Waals surface area contributed by atoms with E-state index in [1.807, 2.05) is 0 Å². The first-order valence-electron chi connectivity index (χ1n) is 6.12. The second kappa shape index (κ2) is 6.85. The minimum absolute atomic E-state index is 0.111. The van der Waals surface area contributed by atoms with Crippen molar-refractivity contribution < 1.29 is 14.5 Å². The third-order valence-electron chi connectivity index (χ3n) is 2.71. The minimum atomic E-state index is -0.519. The van der Waals surface area contributed by atoms with Crippen molar-refractivity contribution in [3.63, 3.8) is 0 Å². The highest BCUT2D eigenvalue weighted by Crippen LogP contribution is 2.24. The molecule has 0 heterocycles. The van der Waals surface area contributed by atoms with E-state index >= 15 is 0 Å². The smallest absolute Gasteiger partial charge is 0.270 e. The first kappa shape index (κ1) is 15.9. The van der Waals surface area contributed by atoms with Crippen LogP contribution in [0.5, 0.6) is 0 Å². The number of nitrogens with one attached hydrogen (secondary N) is 1. The van der Waals surface area contributed by atoms with Crippen LogP contribution in [0.4, 0.5) is 11.4 Å². The topological polar surface area (TPSA) is 84.7 Å².